The molecule has 1 aliphatic rings. The summed E-state index contributed by atoms with van der Waals surface area (Å²) >= 11 is 0. The van der Waals surface area contributed by atoms with Crippen molar-refractivity contribution in [1.82, 2.24) is 4.90 Å². The van der Waals surface area contributed by atoms with E-state index < -0.39 is 0 Å². The number of hydrogen-bond acceptors (Lipinski definition) is 5. The monoisotopic (exact) mass is 277 g/mol. The van der Waals surface area contributed by atoms with Crippen LogP contribution in [0, 0.1) is 0 Å². The van der Waals surface area contributed by atoms with E-state index in [-0.39, 0.29) is 5.97 Å². The molecule has 0 aliphatic carbocycles. The fraction of sp³-hybridized carbons (Fsp3) is 0.533. The molecular formula is C15H23N3O2. The number of nitrogen functional groups attached to an aromatic ring is 1. The molecule has 0 spiro atoms. The largest absolute Gasteiger partial charge is 0.465 e. The van der Waals surface area contributed by atoms with Gasteiger partial charge < -0.3 is 15.4 Å². The highest BCUT2D eigenvalue weighted by Crippen LogP contribution is 2.28. The van der Waals surface area contributed by atoms with Crippen LogP contribution >= 0.6 is 0 Å². The van der Waals surface area contributed by atoms with E-state index >= 15 is 0 Å². The van der Waals surface area contributed by atoms with Crippen LogP contribution in [0.25, 0.3) is 0 Å². The van der Waals surface area contributed by atoms with Gasteiger partial charge in [-0.05, 0) is 39.1 Å². The molecule has 0 radical (unpaired) electrons. The first-order valence-electron chi connectivity index (χ1n) is 6.88. The van der Waals surface area contributed by atoms with E-state index in [1.807, 2.05) is 6.07 Å². The molecule has 1 saturated heterocycles. The molecule has 1 aromatic carbocycles. The Balaban J connectivity index is 2.30. The molecule has 1 heterocycles. The number of hydrogen-bond donors (Lipinski definition) is 1. The molecular weight excluding hydrogens is 254 g/mol. The normalized spacial score (nSPS) is 23.7. The summed E-state index contributed by atoms with van der Waals surface area (Å²) in [6.45, 7) is 6.19. The number of esters is 1. The van der Waals surface area contributed by atoms with Crippen LogP contribution in [0.4, 0.5) is 11.4 Å². The Bertz CT molecular complexity index is 492. The minimum absolute atomic E-state index is 0.332. The van der Waals surface area contributed by atoms with E-state index in [9.17, 15) is 4.79 Å². The lowest BCUT2D eigenvalue weighted by Crippen LogP contribution is -2.55. The maximum Gasteiger partial charge on any atom is 0.337 e. The fourth-order valence-corrected chi connectivity index (χ4v) is 2.66. The summed E-state index contributed by atoms with van der Waals surface area (Å²) in [6, 6.07) is 6.19. The van der Waals surface area contributed by atoms with Crippen molar-refractivity contribution < 1.29 is 9.53 Å². The number of nitrogens with two attached hydrogens (primary N) is 1. The molecule has 1 aliphatic heterocycles. The van der Waals surface area contributed by atoms with Gasteiger partial charge in [-0.15, -0.1) is 0 Å². The fourth-order valence-electron chi connectivity index (χ4n) is 2.66. The number of carbonyl (C=O) groups excluding carboxylic acids is 1. The molecule has 0 bridgehead atoms. The van der Waals surface area contributed by atoms with Gasteiger partial charge in [0.1, 0.15) is 0 Å². The van der Waals surface area contributed by atoms with Crippen molar-refractivity contribution in [2.24, 2.45) is 0 Å². The van der Waals surface area contributed by atoms with Gasteiger partial charge in [0.15, 0.2) is 0 Å². The second-order valence-corrected chi connectivity index (χ2v) is 5.53. The van der Waals surface area contributed by atoms with E-state index in [2.05, 4.69) is 30.7 Å². The number of ether oxygens (including phenoxy) is 1. The molecule has 20 heavy (non-hydrogen) atoms. The van der Waals surface area contributed by atoms with Crippen LogP contribution in [0.15, 0.2) is 18.2 Å². The van der Waals surface area contributed by atoms with Gasteiger partial charge in [0.05, 0.1) is 24.0 Å². The molecule has 1 fully saturated rings. The van der Waals surface area contributed by atoms with Gasteiger partial charge in [0.2, 0.25) is 0 Å². The zero-order valence-electron chi connectivity index (χ0n) is 12.6. The highest BCUT2D eigenvalue weighted by molar-refractivity contribution is 5.92. The summed E-state index contributed by atoms with van der Waals surface area (Å²) in [5, 5.41) is 0. The second-order valence-electron chi connectivity index (χ2n) is 5.53. The van der Waals surface area contributed by atoms with E-state index in [1.54, 1.807) is 12.1 Å². The second kappa shape index (κ2) is 5.71. The Kier molecular flexibility index (Phi) is 4.18. The molecule has 0 saturated carbocycles. The zero-order valence-corrected chi connectivity index (χ0v) is 12.6. The topological polar surface area (TPSA) is 58.8 Å². The average Bonchev–Trinajstić information content (AvgIpc) is 2.44. The minimum atomic E-state index is -0.332. The van der Waals surface area contributed by atoms with Crippen molar-refractivity contribution in [3.8, 4) is 0 Å². The van der Waals surface area contributed by atoms with Crippen LogP contribution in [0.2, 0.25) is 0 Å². The van der Waals surface area contributed by atoms with Crippen LogP contribution in [0.1, 0.15) is 24.2 Å². The third-order valence-electron chi connectivity index (χ3n) is 4.15. The first kappa shape index (κ1) is 14.7. The third-order valence-corrected chi connectivity index (χ3v) is 4.15. The standard InChI is InChI=1S/C15H23N3O2/c1-10-8-18(9-11(2)17(10)3)14-7-12(15(19)20-4)5-6-13(14)16/h5-7,10-11H,8-9,16H2,1-4H3. The van der Waals surface area contributed by atoms with E-state index in [4.69, 9.17) is 10.5 Å². The molecule has 5 nitrogen and oxygen atoms in total. The van der Waals surface area contributed by atoms with Gasteiger partial charge >= 0.3 is 5.97 Å². The van der Waals surface area contributed by atoms with E-state index in [1.165, 1.54) is 7.11 Å². The van der Waals surface area contributed by atoms with Crippen LogP contribution < -0.4 is 10.6 Å². The summed E-state index contributed by atoms with van der Waals surface area (Å²) < 4.78 is 4.77. The minimum Gasteiger partial charge on any atom is -0.465 e. The number of nitrogens with zero attached hydrogens (tertiary/aromatic N) is 2. The third kappa shape index (κ3) is 2.72. The van der Waals surface area contributed by atoms with Gasteiger partial charge in [0.25, 0.3) is 0 Å². The predicted octanol–water partition coefficient (Wildman–Crippen LogP) is 1.58. The van der Waals surface area contributed by atoms with Gasteiger partial charge in [-0.3, -0.25) is 4.90 Å². The number of rotatable bonds is 2. The van der Waals surface area contributed by atoms with Crippen LogP contribution in [-0.4, -0.2) is 50.2 Å². The first-order chi connectivity index (χ1) is 9.43. The average molecular weight is 277 g/mol. The Morgan fingerprint density at radius 2 is 1.90 bits per heavy atom. The highest BCUT2D eigenvalue weighted by Gasteiger charge is 2.27. The van der Waals surface area contributed by atoms with Crippen molar-refractivity contribution in [1.29, 1.82) is 0 Å². The van der Waals surface area contributed by atoms with Crippen LogP contribution in [0.5, 0.6) is 0 Å². The summed E-state index contributed by atoms with van der Waals surface area (Å²) in [5.74, 6) is -0.332. The zero-order chi connectivity index (χ0) is 14.9. The molecule has 1 aromatic rings. The highest BCUT2D eigenvalue weighted by atomic mass is 16.5. The maximum atomic E-state index is 11.7. The number of likely N-dealkylation sites (N-methyl/N-ethyl adjacent to an activating group) is 1. The SMILES string of the molecule is COC(=O)c1ccc(N)c(N2CC(C)N(C)C(C)C2)c1. The molecule has 0 aromatic heterocycles. The van der Waals surface area contributed by atoms with Crippen LogP contribution in [0.3, 0.4) is 0 Å². The summed E-state index contributed by atoms with van der Waals surface area (Å²) in [7, 11) is 3.53. The van der Waals surface area contributed by atoms with Gasteiger partial charge in [-0.1, -0.05) is 0 Å². The number of carbonyl (C=O) groups is 1. The van der Waals surface area contributed by atoms with Gasteiger partial charge in [-0.25, -0.2) is 4.79 Å². The number of anilines is 2. The lowest BCUT2D eigenvalue weighted by Gasteiger charge is -2.43. The first-order valence-corrected chi connectivity index (χ1v) is 6.88. The van der Waals surface area contributed by atoms with Crippen molar-refractivity contribution in [2.75, 3.05) is 37.9 Å². The van der Waals surface area contributed by atoms with E-state index in [0.717, 1.165) is 18.8 Å². The lowest BCUT2D eigenvalue weighted by atomic mass is 10.1. The smallest absolute Gasteiger partial charge is 0.337 e. The van der Waals surface area contributed by atoms with Crippen molar-refractivity contribution in [2.45, 2.75) is 25.9 Å². The van der Waals surface area contributed by atoms with Crippen molar-refractivity contribution in [3.63, 3.8) is 0 Å². The summed E-state index contributed by atoms with van der Waals surface area (Å²) in [4.78, 5) is 16.3. The molecule has 2 unspecified atom stereocenters. The number of benzene rings is 1. The molecule has 2 N–H and O–H groups in total. The lowest BCUT2D eigenvalue weighted by molar-refractivity contribution is 0.0601. The Morgan fingerprint density at radius 3 is 2.45 bits per heavy atom. The maximum absolute atomic E-state index is 11.7. The van der Waals surface area contributed by atoms with Crippen molar-refractivity contribution in [3.05, 3.63) is 23.8 Å². The van der Waals surface area contributed by atoms with Gasteiger partial charge in [0, 0.05) is 25.2 Å². The van der Waals surface area contributed by atoms with E-state index in [0.29, 0.717) is 23.3 Å². The van der Waals surface area contributed by atoms with Crippen molar-refractivity contribution >= 4 is 17.3 Å². The molecule has 110 valence electrons. The summed E-state index contributed by atoms with van der Waals surface area (Å²) in [6.07, 6.45) is 0. The Hall–Kier alpha value is -1.75. The Labute approximate surface area is 120 Å². The Morgan fingerprint density at radius 1 is 1.30 bits per heavy atom. The molecule has 5 heteroatoms. The molecule has 2 rings (SSSR count). The van der Waals surface area contributed by atoms with Gasteiger partial charge in [-0.2, -0.15) is 0 Å². The van der Waals surface area contributed by atoms with Crippen LogP contribution in [-0.2, 0) is 4.74 Å². The number of piperazine rings is 1. The summed E-state index contributed by atoms with van der Waals surface area (Å²) in [5.41, 5.74) is 8.23. The molecule has 2 atom stereocenters. The quantitative estimate of drug-likeness (QED) is 0.657. The number of methoxy groups -OCH3 is 1. The predicted molar refractivity (Wildman–Crippen MR) is 81.1 cm³/mol. The molecule has 0 amide bonds.